The van der Waals surface area contributed by atoms with E-state index in [-0.39, 0.29) is 31.3 Å². The van der Waals surface area contributed by atoms with E-state index in [2.05, 4.69) is 18.8 Å². The molecule has 158 valence electrons. The summed E-state index contributed by atoms with van der Waals surface area (Å²) in [4.78, 5) is 20.2. The number of aromatic amines is 1. The third kappa shape index (κ3) is 4.29. The first kappa shape index (κ1) is 20.6. The van der Waals surface area contributed by atoms with Gasteiger partial charge in [-0.2, -0.15) is 0 Å². The van der Waals surface area contributed by atoms with Gasteiger partial charge in [0.2, 0.25) is 5.91 Å². The maximum Gasteiger partial charge on any atom is 0.261 e. The van der Waals surface area contributed by atoms with Gasteiger partial charge in [0.05, 0.1) is 12.6 Å². The smallest absolute Gasteiger partial charge is 0.261 e. The molecular weight excluding hydrogens is 396 g/mol. The summed E-state index contributed by atoms with van der Waals surface area (Å²) in [6, 6.07) is 5.83. The molecule has 0 saturated carbocycles. The first-order chi connectivity index (χ1) is 13.7. The number of nitrogens with one attached hydrogen (secondary N) is 1. The Bertz CT molecular complexity index is 911. The van der Waals surface area contributed by atoms with Crippen molar-refractivity contribution in [2.75, 3.05) is 26.2 Å². The first-order valence-electron chi connectivity index (χ1n) is 10.4. The van der Waals surface area contributed by atoms with Crippen LogP contribution in [0.2, 0.25) is 5.02 Å². The first-order valence-corrected chi connectivity index (χ1v) is 10.8. The third-order valence-electron chi connectivity index (χ3n) is 6.12. The minimum atomic E-state index is -2.62. The number of carbonyl (C=O) groups is 1. The Balaban J connectivity index is 1.54. The monoisotopic (exact) mass is 423 g/mol. The summed E-state index contributed by atoms with van der Waals surface area (Å²) < 4.78 is 26.8. The van der Waals surface area contributed by atoms with Gasteiger partial charge in [0.25, 0.3) is 5.92 Å². The topological polar surface area (TPSA) is 39.3 Å². The van der Waals surface area contributed by atoms with Crippen LogP contribution in [0, 0.1) is 5.92 Å². The van der Waals surface area contributed by atoms with Gasteiger partial charge in [-0.25, -0.2) is 8.78 Å². The largest absolute Gasteiger partial charge is 0.356 e. The van der Waals surface area contributed by atoms with Crippen molar-refractivity contribution in [2.24, 2.45) is 5.92 Å². The van der Waals surface area contributed by atoms with Crippen LogP contribution < -0.4 is 0 Å². The zero-order chi connectivity index (χ0) is 20.8. The average molecular weight is 424 g/mol. The van der Waals surface area contributed by atoms with Crippen LogP contribution in [0.1, 0.15) is 50.4 Å². The van der Waals surface area contributed by atoms with Crippen LogP contribution >= 0.6 is 11.6 Å². The van der Waals surface area contributed by atoms with Crippen molar-refractivity contribution < 1.29 is 13.6 Å². The van der Waals surface area contributed by atoms with Crippen LogP contribution in [0.4, 0.5) is 8.78 Å². The van der Waals surface area contributed by atoms with Crippen molar-refractivity contribution in [3.05, 3.63) is 34.5 Å². The predicted octanol–water partition coefficient (Wildman–Crippen LogP) is 5.02. The lowest BCUT2D eigenvalue weighted by atomic mass is 9.91. The van der Waals surface area contributed by atoms with Gasteiger partial charge < -0.3 is 9.88 Å². The molecule has 7 heteroatoms. The van der Waals surface area contributed by atoms with E-state index in [4.69, 9.17) is 11.6 Å². The summed E-state index contributed by atoms with van der Waals surface area (Å²) >= 11 is 6.20. The molecule has 0 bridgehead atoms. The lowest BCUT2D eigenvalue weighted by Gasteiger charge is -2.37. The van der Waals surface area contributed by atoms with E-state index in [1.165, 1.54) is 5.56 Å². The molecule has 1 aromatic carbocycles. The number of benzene rings is 1. The van der Waals surface area contributed by atoms with Crippen molar-refractivity contribution in [3.63, 3.8) is 0 Å². The lowest BCUT2D eigenvalue weighted by molar-refractivity contribution is -0.135. The Morgan fingerprint density at radius 2 is 2.14 bits per heavy atom. The van der Waals surface area contributed by atoms with Crippen LogP contribution in [0.25, 0.3) is 10.9 Å². The molecule has 3 heterocycles. The molecule has 0 radical (unpaired) electrons. The summed E-state index contributed by atoms with van der Waals surface area (Å²) in [6.45, 7) is 5.49. The van der Waals surface area contributed by atoms with Crippen LogP contribution in [0.15, 0.2) is 18.2 Å². The highest BCUT2D eigenvalue weighted by molar-refractivity contribution is 6.31. The lowest BCUT2D eigenvalue weighted by Crippen LogP contribution is -2.42. The Hall–Kier alpha value is -1.66. The van der Waals surface area contributed by atoms with E-state index >= 15 is 0 Å². The zero-order valence-corrected chi connectivity index (χ0v) is 17.7. The summed E-state index contributed by atoms with van der Waals surface area (Å²) in [7, 11) is 0. The van der Waals surface area contributed by atoms with Gasteiger partial charge in [-0.3, -0.25) is 9.69 Å². The Morgan fingerprint density at radius 3 is 2.83 bits per heavy atom. The third-order valence-corrected chi connectivity index (χ3v) is 6.35. The number of fused-ring (bicyclic) bond motifs is 3. The molecule has 0 aliphatic carbocycles. The number of carbonyl (C=O) groups excluding carboxylic acids is 1. The van der Waals surface area contributed by atoms with E-state index < -0.39 is 5.92 Å². The van der Waals surface area contributed by atoms with E-state index in [9.17, 15) is 13.6 Å². The fourth-order valence-electron chi connectivity index (χ4n) is 4.72. The molecule has 0 spiro atoms. The quantitative estimate of drug-likeness (QED) is 0.733. The average Bonchev–Trinajstić information content (AvgIpc) is 3.19. The van der Waals surface area contributed by atoms with Gasteiger partial charge >= 0.3 is 0 Å². The number of amides is 1. The molecular formula is C22H28ClF2N3O. The van der Waals surface area contributed by atoms with Crippen molar-refractivity contribution in [2.45, 2.75) is 51.5 Å². The highest BCUT2D eigenvalue weighted by atomic mass is 35.5. The van der Waals surface area contributed by atoms with Crippen LogP contribution in [0.3, 0.4) is 0 Å². The SMILES string of the molecule is CC(C)CC1c2[nH]c3ccc(Cl)cc3c2CCN1C(=O)CCN1CCC(F)(F)C1. The van der Waals surface area contributed by atoms with Crippen molar-refractivity contribution in [3.8, 4) is 0 Å². The second kappa shape index (κ2) is 7.88. The molecule has 4 nitrogen and oxygen atoms in total. The molecule has 2 aliphatic heterocycles. The molecule has 1 saturated heterocycles. The number of rotatable bonds is 5. The van der Waals surface area contributed by atoms with Crippen LogP contribution in [-0.2, 0) is 11.2 Å². The summed E-state index contributed by atoms with van der Waals surface area (Å²) in [5.74, 6) is -2.14. The molecule has 1 aromatic heterocycles. The molecule has 2 aromatic rings. The molecule has 1 amide bonds. The highest BCUT2D eigenvalue weighted by Gasteiger charge is 2.39. The molecule has 1 atom stereocenters. The van der Waals surface area contributed by atoms with Crippen LogP contribution in [0.5, 0.6) is 0 Å². The summed E-state index contributed by atoms with van der Waals surface area (Å²) in [5.41, 5.74) is 3.39. The molecule has 29 heavy (non-hydrogen) atoms. The summed E-state index contributed by atoms with van der Waals surface area (Å²) in [5, 5.41) is 1.84. The fraction of sp³-hybridized carbons (Fsp3) is 0.591. The van der Waals surface area contributed by atoms with Gasteiger partial charge in [0.15, 0.2) is 0 Å². The zero-order valence-electron chi connectivity index (χ0n) is 17.0. The van der Waals surface area contributed by atoms with Gasteiger partial charge in [-0.05, 0) is 42.5 Å². The van der Waals surface area contributed by atoms with Crippen molar-refractivity contribution in [1.82, 2.24) is 14.8 Å². The van der Waals surface area contributed by atoms with E-state index in [0.29, 0.717) is 30.6 Å². The molecule has 2 aliphatic rings. The Kier molecular flexibility index (Phi) is 5.60. The molecule has 1 fully saturated rings. The number of halogens is 3. The number of hydrogen-bond acceptors (Lipinski definition) is 2. The number of hydrogen-bond donors (Lipinski definition) is 1. The Labute approximate surface area is 175 Å². The predicted molar refractivity (Wildman–Crippen MR) is 112 cm³/mol. The standard InChI is InChI=1S/C22H28ClF2N3O/c1-14(2)11-19-21-16(17-12-15(23)3-4-18(17)26-21)5-9-28(19)20(29)6-8-27-10-7-22(24,25)13-27/h3-4,12,14,19,26H,5-11,13H2,1-2H3. The maximum atomic E-state index is 13.4. The maximum absolute atomic E-state index is 13.4. The van der Waals surface area contributed by atoms with Gasteiger partial charge in [-0.1, -0.05) is 25.4 Å². The minimum Gasteiger partial charge on any atom is -0.356 e. The van der Waals surface area contributed by atoms with Gasteiger partial charge in [0, 0.05) is 54.1 Å². The van der Waals surface area contributed by atoms with Crippen molar-refractivity contribution >= 4 is 28.4 Å². The minimum absolute atomic E-state index is 0.0163. The van der Waals surface area contributed by atoms with Crippen LogP contribution in [-0.4, -0.2) is 52.8 Å². The molecule has 1 unspecified atom stereocenters. The molecule has 1 N–H and O–H groups in total. The normalized spacial score (nSPS) is 21.9. The number of alkyl halides is 2. The highest BCUT2D eigenvalue weighted by Crippen LogP contribution is 2.39. The van der Waals surface area contributed by atoms with Gasteiger partial charge in [0.1, 0.15) is 0 Å². The molecule has 4 rings (SSSR count). The second-order valence-corrected chi connectivity index (χ2v) is 9.26. The number of likely N-dealkylation sites (tertiary alicyclic amines) is 1. The van der Waals surface area contributed by atoms with Crippen molar-refractivity contribution in [1.29, 1.82) is 0 Å². The number of aromatic nitrogens is 1. The van der Waals surface area contributed by atoms with E-state index in [1.54, 1.807) is 4.90 Å². The summed E-state index contributed by atoms with van der Waals surface area (Å²) in [6.07, 6.45) is 1.81. The Morgan fingerprint density at radius 1 is 1.34 bits per heavy atom. The fourth-order valence-corrected chi connectivity index (χ4v) is 4.90. The number of H-pyrrole nitrogens is 1. The number of nitrogens with zero attached hydrogens (tertiary/aromatic N) is 2. The van der Waals surface area contributed by atoms with E-state index in [0.717, 1.165) is 29.4 Å². The second-order valence-electron chi connectivity index (χ2n) is 8.82. The van der Waals surface area contributed by atoms with E-state index in [1.807, 2.05) is 23.1 Å². The van der Waals surface area contributed by atoms with Gasteiger partial charge in [-0.15, -0.1) is 0 Å².